The van der Waals surface area contributed by atoms with Crippen LogP contribution in [-0.4, -0.2) is 38.0 Å². The zero-order chi connectivity index (χ0) is 13.0. The maximum absolute atomic E-state index is 9.67. The first-order valence-corrected chi connectivity index (χ1v) is 6.92. The number of β-amino-alcohol motifs (C(OH)–C–C–N with tert-alkyl or cyclic N) is 1. The van der Waals surface area contributed by atoms with Crippen LogP contribution in [-0.2, 0) is 6.54 Å². The fourth-order valence-electron chi connectivity index (χ4n) is 2.15. The maximum Gasteiger partial charge on any atom is 0.133 e. The number of rotatable bonds is 5. The molecule has 0 radical (unpaired) electrons. The van der Waals surface area contributed by atoms with E-state index in [1.54, 1.807) is 7.11 Å². The van der Waals surface area contributed by atoms with Crippen molar-refractivity contribution in [3.63, 3.8) is 0 Å². The van der Waals surface area contributed by atoms with Crippen molar-refractivity contribution in [2.45, 2.75) is 12.6 Å². The van der Waals surface area contributed by atoms with Gasteiger partial charge < -0.3 is 20.5 Å². The lowest BCUT2D eigenvalue weighted by molar-refractivity contribution is 0.146. The van der Waals surface area contributed by atoms with E-state index in [2.05, 4.69) is 32.6 Å². The lowest BCUT2D eigenvalue weighted by Gasteiger charge is -2.14. The normalized spacial score (nSPS) is 23.3. The number of hydrogen-bond donors (Lipinski definition) is 3. The largest absolute Gasteiger partial charge is 0.496 e. The van der Waals surface area contributed by atoms with E-state index in [4.69, 9.17) is 4.74 Å². The van der Waals surface area contributed by atoms with Crippen molar-refractivity contribution >= 4 is 15.9 Å². The van der Waals surface area contributed by atoms with Crippen LogP contribution in [0.4, 0.5) is 0 Å². The molecule has 1 aromatic carbocycles. The maximum atomic E-state index is 9.67. The molecule has 1 fully saturated rings. The summed E-state index contributed by atoms with van der Waals surface area (Å²) in [6, 6.07) is 6.04. The van der Waals surface area contributed by atoms with E-state index in [0.29, 0.717) is 12.5 Å². The van der Waals surface area contributed by atoms with Crippen molar-refractivity contribution < 1.29 is 9.84 Å². The van der Waals surface area contributed by atoms with Crippen LogP contribution in [0.2, 0.25) is 0 Å². The molecule has 1 saturated heterocycles. The summed E-state index contributed by atoms with van der Waals surface area (Å²) in [6.45, 7) is 3.23. The van der Waals surface area contributed by atoms with Crippen LogP contribution >= 0.6 is 15.9 Å². The Morgan fingerprint density at radius 2 is 2.33 bits per heavy atom. The highest BCUT2D eigenvalue weighted by molar-refractivity contribution is 9.10. The Labute approximate surface area is 116 Å². The summed E-state index contributed by atoms with van der Waals surface area (Å²) < 4.78 is 6.16. The number of nitrogens with one attached hydrogen (secondary N) is 2. The summed E-state index contributed by atoms with van der Waals surface area (Å²) in [5.74, 6) is 1.15. The van der Waals surface area contributed by atoms with E-state index < -0.39 is 0 Å². The van der Waals surface area contributed by atoms with Crippen LogP contribution in [0, 0.1) is 5.92 Å². The molecule has 3 N–H and O–H groups in total. The number of halogens is 1. The highest BCUT2D eigenvalue weighted by atomic mass is 79.9. The second-order valence-corrected chi connectivity index (χ2v) is 5.44. The van der Waals surface area contributed by atoms with Gasteiger partial charge in [0, 0.05) is 32.1 Å². The number of aliphatic hydroxyl groups is 1. The zero-order valence-electron chi connectivity index (χ0n) is 10.4. The van der Waals surface area contributed by atoms with Gasteiger partial charge in [-0.2, -0.15) is 0 Å². The summed E-state index contributed by atoms with van der Waals surface area (Å²) in [5, 5.41) is 16.2. The third-order valence-electron chi connectivity index (χ3n) is 3.26. The first-order chi connectivity index (χ1) is 8.70. The molecule has 0 aromatic heterocycles. The SMILES string of the molecule is COc1ccc(CNCC2CNCC2O)cc1Br. The average molecular weight is 315 g/mol. The van der Waals surface area contributed by atoms with E-state index in [9.17, 15) is 5.11 Å². The fourth-order valence-corrected chi connectivity index (χ4v) is 2.74. The molecule has 0 saturated carbocycles. The number of hydrogen-bond acceptors (Lipinski definition) is 4. The lowest BCUT2D eigenvalue weighted by Crippen LogP contribution is -2.30. The van der Waals surface area contributed by atoms with Crippen LogP contribution in [0.25, 0.3) is 0 Å². The molecule has 18 heavy (non-hydrogen) atoms. The number of methoxy groups -OCH3 is 1. The van der Waals surface area contributed by atoms with Crippen molar-refractivity contribution in [2.24, 2.45) is 5.92 Å². The molecular formula is C13H19BrN2O2. The Balaban J connectivity index is 1.81. The first-order valence-electron chi connectivity index (χ1n) is 6.12. The highest BCUT2D eigenvalue weighted by Crippen LogP contribution is 2.25. The van der Waals surface area contributed by atoms with Gasteiger partial charge in [0.1, 0.15) is 5.75 Å². The monoisotopic (exact) mass is 314 g/mol. The van der Waals surface area contributed by atoms with Gasteiger partial charge >= 0.3 is 0 Å². The molecule has 1 heterocycles. The molecule has 2 rings (SSSR count). The van der Waals surface area contributed by atoms with Crippen LogP contribution < -0.4 is 15.4 Å². The van der Waals surface area contributed by atoms with Gasteiger partial charge in [-0.3, -0.25) is 0 Å². The third-order valence-corrected chi connectivity index (χ3v) is 3.88. The van der Waals surface area contributed by atoms with Crippen LogP contribution in [0.1, 0.15) is 5.56 Å². The van der Waals surface area contributed by atoms with E-state index in [0.717, 1.165) is 29.9 Å². The van der Waals surface area contributed by atoms with Crippen molar-refractivity contribution in [1.29, 1.82) is 0 Å². The predicted octanol–water partition coefficient (Wildman–Crippen LogP) is 1.13. The summed E-state index contributed by atoms with van der Waals surface area (Å²) >= 11 is 3.47. The molecule has 1 aliphatic rings. The minimum atomic E-state index is -0.222. The van der Waals surface area contributed by atoms with Gasteiger partial charge in [-0.1, -0.05) is 6.07 Å². The predicted molar refractivity (Wildman–Crippen MR) is 74.8 cm³/mol. The van der Waals surface area contributed by atoms with Crippen LogP contribution in [0.15, 0.2) is 22.7 Å². The summed E-state index contributed by atoms with van der Waals surface area (Å²) in [7, 11) is 1.66. The second kappa shape index (κ2) is 6.52. The molecule has 2 atom stereocenters. The van der Waals surface area contributed by atoms with Crippen molar-refractivity contribution in [3.8, 4) is 5.75 Å². The Hall–Kier alpha value is -0.620. The molecule has 5 heteroatoms. The molecular weight excluding hydrogens is 296 g/mol. The Morgan fingerprint density at radius 3 is 2.94 bits per heavy atom. The smallest absolute Gasteiger partial charge is 0.133 e. The van der Waals surface area contributed by atoms with Gasteiger partial charge in [0.05, 0.1) is 17.7 Å². The third kappa shape index (κ3) is 3.45. The number of ether oxygens (including phenoxy) is 1. The van der Waals surface area contributed by atoms with E-state index in [1.165, 1.54) is 5.56 Å². The Bertz CT molecular complexity index is 401. The molecule has 0 amide bonds. The van der Waals surface area contributed by atoms with Crippen LogP contribution in [0.5, 0.6) is 5.75 Å². The quantitative estimate of drug-likeness (QED) is 0.762. The van der Waals surface area contributed by atoms with Gasteiger partial charge in [0.15, 0.2) is 0 Å². The molecule has 1 aromatic rings. The summed E-state index contributed by atoms with van der Waals surface area (Å²) in [6.07, 6.45) is -0.222. The first kappa shape index (κ1) is 13.8. The average Bonchev–Trinajstić information content (AvgIpc) is 2.75. The Morgan fingerprint density at radius 1 is 1.50 bits per heavy atom. The molecule has 1 aliphatic heterocycles. The summed E-state index contributed by atoms with van der Waals surface area (Å²) in [4.78, 5) is 0. The molecule has 0 bridgehead atoms. The van der Waals surface area contributed by atoms with E-state index >= 15 is 0 Å². The van der Waals surface area contributed by atoms with Crippen molar-refractivity contribution in [3.05, 3.63) is 28.2 Å². The van der Waals surface area contributed by atoms with Crippen molar-refractivity contribution in [2.75, 3.05) is 26.7 Å². The molecule has 2 unspecified atom stereocenters. The molecule has 100 valence electrons. The van der Waals surface area contributed by atoms with Gasteiger partial charge in [-0.05, 0) is 33.6 Å². The fraction of sp³-hybridized carbons (Fsp3) is 0.538. The number of aliphatic hydroxyl groups excluding tert-OH is 1. The standard InChI is InChI=1S/C13H19BrN2O2/c1-18-13-3-2-9(4-11(13)14)5-15-6-10-7-16-8-12(10)17/h2-4,10,12,15-17H,5-8H2,1H3. The van der Waals surface area contributed by atoms with Crippen molar-refractivity contribution in [1.82, 2.24) is 10.6 Å². The van der Waals surface area contributed by atoms with E-state index in [-0.39, 0.29) is 6.10 Å². The van der Waals surface area contributed by atoms with Gasteiger partial charge in [-0.25, -0.2) is 0 Å². The zero-order valence-corrected chi connectivity index (χ0v) is 12.0. The number of benzene rings is 1. The minimum absolute atomic E-state index is 0.222. The minimum Gasteiger partial charge on any atom is -0.496 e. The Kier molecular flexibility index (Phi) is 5.00. The summed E-state index contributed by atoms with van der Waals surface area (Å²) in [5.41, 5.74) is 1.20. The van der Waals surface area contributed by atoms with Gasteiger partial charge in [-0.15, -0.1) is 0 Å². The van der Waals surface area contributed by atoms with Gasteiger partial charge in [0.2, 0.25) is 0 Å². The molecule has 0 aliphatic carbocycles. The topological polar surface area (TPSA) is 53.5 Å². The highest BCUT2D eigenvalue weighted by Gasteiger charge is 2.23. The molecule has 0 spiro atoms. The van der Waals surface area contributed by atoms with Gasteiger partial charge in [0.25, 0.3) is 0 Å². The molecule has 4 nitrogen and oxygen atoms in total. The second-order valence-electron chi connectivity index (χ2n) is 4.59. The van der Waals surface area contributed by atoms with E-state index in [1.807, 2.05) is 12.1 Å². The van der Waals surface area contributed by atoms with Crippen LogP contribution in [0.3, 0.4) is 0 Å². The lowest BCUT2D eigenvalue weighted by atomic mass is 10.1.